The first-order chi connectivity index (χ1) is 7.13. The molecule has 1 aromatic heterocycles. The lowest BCUT2D eigenvalue weighted by Crippen LogP contribution is -2.22. The summed E-state index contributed by atoms with van der Waals surface area (Å²) in [5.41, 5.74) is 5.45. The Balaban J connectivity index is 2.60. The molecule has 0 fully saturated rings. The Morgan fingerprint density at radius 1 is 1.40 bits per heavy atom. The summed E-state index contributed by atoms with van der Waals surface area (Å²) < 4.78 is 4.94. The number of aromatic nitrogens is 3. The highest BCUT2D eigenvalue weighted by atomic mass is 35.5. The van der Waals surface area contributed by atoms with Crippen molar-refractivity contribution in [2.45, 2.75) is 6.42 Å². The molecule has 6 nitrogen and oxygen atoms in total. The zero-order valence-corrected chi connectivity index (χ0v) is 9.53. The second-order valence-corrected chi connectivity index (χ2v) is 3.37. The van der Waals surface area contributed by atoms with Gasteiger partial charge in [0, 0.05) is 27.3 Å². The Bertz CT molecular complexity index is 302. The highest BCUT2D eigenvalue weighted by Crippen LogP contribution is 2.10. The molecule has 0 saturated carbocycles. The average Bonchev–Trinajstić information content (AvgIpc) is 2.16. The lowest BCUT2D eigenvalue weighted by atomic mass is 10.4. The van der Waals surface area contributed by atoms with Crippen LogP contribution in [0, 0.1) is 0 Å². The second-order valence-electron chi connectivity index (χ2n) is 3.03. The molecule has 0 unspecified atom stereocenters. The minimum absolute atomic E-state index is 0.107. The number of ether oxygens (including phenoxy) is 1. The van der Waals surface area contributed by atoms with Crippen molar-refractivity contribution < 1.29 is 4.74 Å². The molecule has 0 aliphatic carbocycles. The van der Waals surface area contributed by atoms with Crippen molar-refractivity contribution in [1.82, 2.24) is 15.0 Å². The van der Waals surface area contributed by atoms with Crippen molar-refractivity contribution in [2.75, 3.05) is 37.9 Å². The van der Waals surface area contributed by atoms with Crippen molar-refractivity contribution in [3.05, 3.63) is 5.28 Å². The molecule has 1 rings (SSSR count). The van der Waals surface area contributed by atoms with E-state index >= 15 is 0 Å². The van der Waals surface area contributed by atoms with Gasteiger partial charge in [-0.15, -0.1) is 0 Å². The molecule has 0 aliphatic rings. The van der Waals surface area contributed by atoms with E-state index in [-0.39, 0.29) is 11.2 Å². The van der Waals surface area contributed by atoms with E-state index in [1.807, 2.05) is 11.9 Å². The summed E-state index contributed by atoms with van der Waals surface area (Å²) in [5, 5.41) is 0.107. The number of methoxy groups -OCH3 is 1. The number of hydrogen-bond acceptors (Lipinski definition) is 6. The molecular weight excluding hydrogens is 218 g/mol. The molecule has 0 bridgehead atoms. The number of nitrogen functional groups attached to an aromatic ring is 1. The van der Waals surface area contributed by atoms with Crippen LogP contribution in [0.4, 0.5) is 11.9 Å². The number of hydrogen-bond donors (Lipinski definition) is 1. The van der Waals surface area contributed by atoms with Crippen molar-refractivity contribution in [3.63, 3.8) is 0 Å². The number of halogens is 1. The largest absolute Gasteiger partial charge is 0.385 e. The fourth-order valence-electron chi connectivity index (χ4n) is 1.07. The molecule has 0 radical (unpaired) electrons. The van der Waals surface area contributed by atoms with E-state index in [0.717, 1.165) is 13.0 Å². The van der Waals surface area contributed by atoms with Crippen LogP contribution < -0.4 is 10.6 Å². The normalized spacial score (nSPS) is 10.3. The number of nitrogens with two attached hydrogens (primary N) is 1. The van der Waals surface area contributed by atoms with Crippen LogP contribution in [0.5, 0.6) is 0 Å². The maximum absolute atomic E-state index is 5.66. The Labute approximate surface area is 93.4 Å². The molecular formula is C8H14ClN5O. The molecule has 0 spiro atoms. The van der Waals surface area contributed by atoms with Crippen molar-refractivity contribution in [3.8, 4) is 0 Å². The van der Waals surface area contributed by atoms with Crippen molar-refractivity contribution >= 4 is 23.5 Å². The molecule has 0 amide bonds. The van der Waals surface area contributed by atoms with Gasteiger partial charge < -0.3 is 15.4 Å². The first-order valence-electron chi connectivity index (χ1n) is 4.50. The Morgan fingerprint density at radius 2 is 2.13 bits per heavy atom. The minimum atomic E-state index is 0.107. The SMILES string of the molecule is COCCCN(C)c1nc(N)nc(Cl)n1. The van der Waals surface area contributed by atoms with Gasteiger partial charge in [-0.2, -0.15) is 15.0 Å². The lowest BCUT2D eigenvalue weighted by molar-refractivity contribution is 0.196. The van der Waals surface area contributed by atoms with Gasteiger partial charge in [0.2, 0.25) is 17.2 Å². The van der Waals surface area contributed by atoms with E-state index in [0.29, 0.717) is 12.6 Å². The van der Waals surface area contributed by atoms with Crippen molar-refractivity contribution in [1.29, 1.82) is 0 Å². The topological polar surface area (TPSA) is 77.2 Å². The van der Waals surface area contributed by atoms with Gasteiger partial charge in [-0.1, -0.05) is 0 Å². The average molecular weight is 232 g/mol. The van der Waals surface area contributed by atoms with Crippen LogP contribution in [0.25, 0.3) is 0 Å². The van der Waals surface area contributed by atoms with Gasteiger partial charge in [0.1, 0.15) is 0 Å². The summed E-state index contributed by atoms with van der Waals surface area (Å²) in [6.45, 7) is 1.46. The molecule has 1 heterocycles. The molecule has 0 aliphatic heterocycles. The molecule has 0 aromatic carbocycles. The fraction of sp³-hybridized carbons (Fsp3) is 0.625. The number of rotatable bonds is 5. The van der Waals surface area contributed by atoms with Crippen LogP contribution in [0.15, 0.2) is 0 Å². The third-order valence-corrected chi connectivity index (χ3v) is 1.97. The lowest BCUT2D eigenvalue weighted by Gasteiger charge is -2.16. The van der Waals surface area contributed by atoms with Crippen LogP contribution in [-0.2, 0) is 4.74 Å². The third-order valence-electron chi connectivity index (χ3n) is 1.80. The summed E-state index contributed by atoms with van der Waals surface area (Å²) in [7, 11) is 3.53. The molecule has 2 N–H and O–H groups in total. The summed E-state index contributed by atoms with van der Waals surface area (Å²) >= 11 is 5.66. The van der Waals surface area contributed by atoms with Gasteiger partial charge in [-0.05, 0) is 18.0 Å². The Hall–Kier alpha value is -1.14. The van der Waals surface area contributed by atoms with Crippen LogP contribution in [-0.4, -0.2) is 42.3 Å². The maximum Gasteiger partial charge on any atom is 0.231 e. The summed E-state index contributed by atoms with van der Waals surface area (Å²) in [6, 6.07) is 0. The molecule has 0 atom stereocenters. The highest BCUT2D eigenvalue weighted by Gasteiger charge is 2.07. The van der Waals surface area contributed by atoms with E-state index < -0.39 is 0 Å². The van der Waals surface area contributed by atoms with Gasteiger partial charge in [0.15, 0.2) is 0 Å². The van der Waals surface area contributed by atoms with E-state index in [1.54, 1.807) is 7.11 Å². The number of nitrogens with zero attached hydrogens (tertiary/aromatic N) is 4. The zero-order valence-electron chi connectivity index (χ0n) is 8.77. The van der Waals surface area contributed by atoms with Gasteiger partial charge in [-0.3, -0.25) is 0 Å². The predicted molar refractivity (Wildman–Crippen MR) is 59.0 cm³/mol. The maximum atomic E-state index is 5.66. The van der Waals surface area contributed by atoms with Gasteiger partial charge >= 0.3 is 0 Å². The summed E-state index contributed by atoms with van der Waals surface area (Å²) in [5.74, 6) is 0.604. The summed E-state index contributed by atoms with van der Waals surface area (Å²) in [6.07, 6.45) is 0.885. The molecule has 7 heteroatoms. The smallest absolute Gasteiger partial charge is 0.231 e. The van der Waals surface area contributed by atoms with Crippen LogP contribution in [0.2, 0.25) is 5.28 Å². The summed E-state index contributed by atoms with van der Waals surface area (Å²) in [4.78, 5) is 13.5. The van der Waals surface area contributed by atoms with Gasteiger partial charge in [-0.25, -0.2) is 0 Å². The molecule has 0 saturated heterocycles. The highest BCUT2D eigenvalue weighted by molar-refractivity contribution is 6.28. The van der Waals surface area contributed by atoms with Gasteiger partial charge in [0.05, 0.1) is 0 Å². The first kappa shape index (κ1) is 11.9. The Morgan fingerprint density at radius 3 is 2.73 bits per heavy atom. The number of anilines is 2. The van der Waals surface area contributed by atoms with Crippen LogP contribution >= 0.6 is 11.6 Å². The van der Waals surface area contributed by atoms with Crippen LogP contribution in [0.1, 0.15) is 6.42 Å². The fourth-order valence-corrected chi connectivity index (χ4v) is 1.23. The van der Waals surface area contributed by atoms with E-state index in [4.69, 9.17) is 22.1 Å². The predicted octanol–water partition coefficient (Wildman–Crippen LogP) is 0.580. The third kappa shape index (κ3) is 3.85. The molecule has 84 valence electrons. The molecule has 1 aromatic rings. The minimum Gasteiger partial charge on any atom is -0.385 e. The monoisotopic (exact) mass is 231 g/mol. The quantitative estimate of drug-likeness (QED) is 0.747. The van der Waals surface area contributed by atoms with Crippen molar-refractivity contribution in [2.24, 2.45) is 0 Å². The van der Waals surface area contributed by atoms with E-state index in [9.17, 15) is 0 Å². The molecule has 15 heavy (non-hydrogen) atoms. The van der Waals surface area contributed by atoms with E-state index in [2.05, 4.69) is 15.0 Å². The van der Waals surface area contributed by atoms with Gasteiger partial charge in [0.25, 0.3) is 0 Å². The zero-order chi connectivity index (χ0) is 11.3. The van der Waals surface area contributed by atoms with E-state index in [1.165, 1.54) is 0 Å². The first-order valence-corrected chi connectivity index (χ1v) is 4.88. The Kier molecular flexibility index (Phi) is 4.51. The standard InChI is InChI=1S/C8H14ClN5O/c1-14(4-3-5-15-2)8-12-6(9)11-7(10)13-8/h3-5H2,1-2H3,(H2,10,11,12,13). The van der Waals surface area contributed by atoms with Crippen LogP contribution in [0.3, 0.4) is 0 Å². The second kappa shape index (κ2) is 5.67.